The van der Waals surface area contributed by atoms with Gasteiger partial charge in [-0.2, -0.15) is 8.78 Å². The van der Waals surface area contributed by atoms with Gasteiger partial charge in [-0.15, -0.1) is 0 Å². The first kappa shape index (κ1) is 12.2. The van der Waals surface area contributed by atoms with Gasteiger partial charge in [0, 0.05) is 6.20 Å². The summed E-state index contributed by atoms with van der Waals surface area (Å²) in [6, 6.07) is 0. The van der Waals surface area contributed by atoms with Gasteiger partial charge in [0.05, 0.1) is 11.0 Å². The van der Waals surface area contributed by atoms with E-state index >= 15 is 0 Å². The summed E-state index contributed by atoms with van der Waals surface area (Å²) in [5.74, 6) is -4.03. The molecule has 0 atom stereocenters. The Kier molecular flexibility index (Phi) is 3.83. The third-order valence-electron chi connectivity index (χ3n) is 1.48. The second-order valence-corrected chi connectivity index (χ2v) is 3.49. The van der Waals surface area contributed by atoms with Gasteiger partial charge >= 0.3 is 12.3 Å². The van der Waals surface area contributed by atoms with E-state index in [1.807, 2.05) is 0 Å². The Balaban J connectivity index is 2.62. The highest BCUT2D eigenvalue weighted by molar-refractivity contribution is 9.10. The lowest BCUT2D eigenvalue weighted by molar-refractivity contribution is -0.117. The molecular formula is C7H6BrF4N3. The van der Waals surface area contributed by atoms with Gasteiger partial charge in [-0.3, -0.25) is 0 Å². The zero-order valence-corrected chi connectivity index (χ0v) is 8.81. The Morgan fingerprint density at radius 2 is 2.13 bits per heavy atom. The molecule has 0 aliphatic rings. The molecule has 0 spiro atoms. The quantitative estimate of drug-likeness (QED) is 0.865. The van der Waals surface area contributed by atoms with Crippen LogP contribution < -0.4 is 5.32 Å². The van der Waals surface area contributed by atoms with Crippen LogP contribution >= 0.6 is 15.9 Å². The highest BCUT2D eigenvalue weighted by Crippen LogP contribution is 2.24. The third-order valence-corrected chi connectivity index (χ3v) is 2.06. The summed E-state index contributed by atoms with van der Waals surface area (Å²) in [5, 5.41) is 2.11. The van der Waals surface area contributed by atoms with E-state index in [4.69, 9.17) is 0 Å². The van der Waals surface area contributed by atoms with E-state index in [9.17, 15) is 17.6 Å². The molecule has 1 heterocycles. The van der Waals surface area contributed by atoms with Crippen LogP contribution in [0.2, 0.25) is 0 Å². The topological polar surface area (TPSA) is 37.8 Å². The number of anilines is 1. The molecule has 0 radical (unpaired) electrons. The Hall–Kier alpha value is -0.920. The number of halogens is 5. The summed E-state index contributed by atoms with van der Waals surface area (Å²) in [6.45, 7) is -1.18. The smallest absolute Gasteiger partial charge is 0.324 e. The number of aromatic nitrogens is 2. The number of hydrogen-bond donors (Lipinski definition) is 1. The van der Waals surface area contributed by atoms with Crippen molar-refractivity contribution in [2.45, 2.75) is 12.3 Å². The van der Waals surface area contributed by atoms with Gasteiger partial charge in [0.15, 0.2) is 0 Å². The highest BCUT2D eigenvalue weighted by Gasteiger charge is 2.40. The van der Waals surface area contributed by atoms with Crippen LogP contribution in [0.15, 0.2) is 17.0 Å². The number of alkyl halides is 4. The largest absolute Gasteiger partial charge is 0.363 e. The maximum absolute atomic E-state index is 12.5. The molecule has 0 unspecified atom stereocenters. The maximum Gasteiger partial charge on any atom is 0.324 e. The normalized spacial score (nSPS) is 11.9. The van der Waals surface area contributed by atoms with E-state index in [0.717, 1.165) is 6.33 Å². The molecule has 0 saturated heterocycles. The van der Waals surface area contributed by atoms with Gasteiger partial charge in [-0.05, 0) is 15.9 Å². The molecule has 0 saturated carbocycles. The maximum atomic E-state index is 12.5. The molecule has 0 aliphatic carbocycles. The minimum atomic E-state index is -4.08. The van der Waals surface area contributed by atoms with E-state index in [1.54, 1.807) is 0 Å². The monoisotopic (exact) mass is 287 g/mol. The Labute approximate surface area is 91.0 Å². The van der Waals surface area contributed by atoms with Gasteiger partial charge in [-0.1, -0.05) is 0 Å². The Morgan fingerprint density at radius 3 is 2.67 bits per heavy atom. The molecule has 8 heteroatoms. The Bertz CT molecular complexity index is 334. The second kappa shape index (κ2) is 4.73. The van der Waals surface area contributed by atoms with Gasteiger partial charge in [-0.25, -0.2) is 18.7 Å². The molecule has 0 amide bonds. The molecule has 0 bridgehead atoms. The average molecular weight is 288 g/mol. The second-order valence-electron chi connectivity index (χ2n) is 2.63. The Morgan fingerprint density at radius 1 is 1.47 bits per heavy atom. The zero-order chi connectivity index (χ0) is 11.5. The van der Waals surface area contributed by atoms with E-state index in [2.05, 4.69) is 31.2 Å². The van der Waals surface area contributed by atoms with Crippen LogP contribution in [0.3, 0.4) is 0 Å². The molecule has 1 rings (SSSR count). The van der Waals surface area contributed by atoms with Gasteiger partial charge in [0.1, 0.15) is 12.1 Å². The fourth-order valence-electron chi connectivity index (χ4n) is 0.721. The summed E-state index contributed by atoms with van der Waals surface area (Å²) in [4.78, 5) is 7.18. The molecule has 1 N–H and O–H groups in total. The van der Waals surface area contributed by atoms with E-state index < -0.39 is 18.9 Å². The van der Waals surface area contributed by atoms with E-state index in [1.165, 1.54) is 6.20 Å². The van der Waals surface area contributed by atoms with Crippen molar-refractivity contribution in [2.24, 2.45) is 0 Å². The standard InChI is InChI=1S/C7H6BrF4N3/c8-4-1-13-3-15-5(4)14-2-7(11,12)6(9)10/h1,3,6H,2H2,(H,13,14,15). The van der Waals surface area contributed by atoms with Crippen LogP contribution in [0.25, 0.3) is 0 Å². The summed E-state index contributed by atoms with van der Waals surface area (Å²) in [6.07, 6.45) is -1.27. The molecular weight excluding hydrogens is 282 g/mol. The first-order chi connectivity index (χ1) is 6.93. The van der Waals surface area contributed by atoms with Crippen LogP contribution in [-0.4, -0.2) is 28.9 Å². The first-order valence-electron chi connectivity index (χ1n) is 3.79. The minimum absolute atomic E-state index is 0.0466. The summed E-state index contributed by atoms with van der Waals surface area (Å²) in [7, 11) is 0. The van der Waals surface area contributed by atoms with Crippen molar-refractivity contribution in [1.82, 2.24) is 9.97 Å². The van der Waals surface area contributed by atoms with Crippen molar-refractivity contribution in [1.29, 1.82) is 0 Å². The van der Waals surface area contributed by atoms with Crippen molar-refractivity contribution in [3.63, 3.8) is 0 Å². The fourth-order valence-corrected chi connectivity index (χ4v) is 1.08. The van der Waals surface area contributed by atoms with E-state index in [-0.39, 0.29) is 5.82 Å². The van der Waals surface area contributed by atoms with Gasteiger partial charge in [0.25, 0.3) is 0 Å². The molecule has 15 heavy (non-hydrogen) atoms. The fraction of sp³-hybridized carbons (Fsp3) is 0.429. The van der Waals surface area contributed by atoms with Crippen molar-refractivity contribution in [3.05, 3.63) is 17.0 Å². The molecule has 1 aromatic heterocycles. The lowest BCUT2D eigenvalue weighted by Crippen LogP contribution is -2.35. The van der Waals surface area contributed by atoms with Gasteiger partial charge < -0.3 is 5.32 Å². The molecule has 3 nitrogen and oxygen atoms in total. The molecule has 1 aromatic rings. The number of nitrogens with one attached hydrogen (secondary N) is 1. The lowest BCUT2D eigenvalue weighted by Gasteiger charge is -2.16. The van der Waals surface area contributed by atoms with Crippen molar-refractivity contribution < 1.29 is 17.6 Å². The molecule has 0 fully saturated rings. The van der Waals surface area contributed by atoms with Gasteiger partial charge in [0.2, 0.25) is 0 Å². The number of rotatable bonds is 4. The zero-order valence-electron chi connectivity index (χ0n) is 7.22. The van der Waals surface area contributed by atoms with Crippen LogP contribution in [0, 0.1) is 0 Å². The predicted molar refractivity (Wildman–Crippen MR) is 49.2 cm³/mol. The number of hydrogen-bond acceptors (Lipinski definition) is 3. The highest BCUT2D eigenvalue weighted by atomic mass is 79.9. The minimum Gasteiger partial charge on any atom is -0.363 e. The van der Waals surface area contributed by atoms with Crippen LogP contribution in [0.1, 0.15) is 0 Å². The predicted octanol–water partition coefficient (Wildman–Crippen LogP) is 2.55. The number of nitrogens with zero attached hydrogens (tertiary/aromatic N) is 2. The summed E-state index contributed by atoms with van der Waals surface area (Å²) < 4.78 is 48.9. The average Bonchev–Trinajstić information content (AvgIpc) is 2.16. The SMILES string of the molecule is FC(F)C(F)(F)CNc1ncncc1Br. The lowest BCUT2D eigenvalue weighted by atomic mass is 10.3. The summed E-state index contributed by atoms with van der Waals surface area (Å²) in [5.41, 5.74) is 0. The van der Waals surface area contributed by atoms with Crippen molar-refractivity contribution in [3.8, 4) is 0 Å². The van der Waals surface area contributed by atoms with Crippen LogP contribution in [0.4, 0.5) is 23.4 Å². The van der Waals surface area contributed by atoms with Crippen molar-refractivity contribution in [2.75, 3.05) is 11.9 Å². The van der Waals surface area contributed by atoms with E-state index in [0.29, 0.717) is 4.47 Å². The van der Waals surface area contributed by atoms with Crippen LogP contribution in [-0.2, 0) is 0 Å². The van der Waals surface area contributed by atoms with Crippen molar-refractivity contribution >= 4 is 21.7 Å². The molecule has 0 aromatic carbocycles. The summed E-state index contributed by atoms with van der Waals surface area (Å²) >= 11 is 2.98. The molecule has 0 aliphatic heterocycles. The first-order valence-corrected chi connectivity index (χ1v) is 4.58. The van der Waals surface area contributed by atoms with Crippen LogP contribution in [0.5, 0.6) is 0 Å². The molecule has 84 valence electrons. The third kappa shape index (κ3) is 3.29.